The lowest BCUT2D eigenvalue weighted by Crippen LogP contribution is -2.25. The summed E-state index contributed by atoms with van der Waals surface area (Å²) in [6, 6.07) is 19.6. The van der Waals surface area contributed by atoms with Gasteiger partial charge in [-0.3, -0.25) is 9.36 Å². The van der Waals surface area contributed by atoms with Gasteiger partial charge in [0.05, 0.1) is 21.7 Å². The van der Waals surface area contributed by atoms with Gasteiger partial charge >= 0.3 is 4.87 Å². The average molecular weight is 507 g/mol. The molecule has 0 spiro atoms. The van der Waals surface area contributed by atoms with Crippen molar-refractivity contribution in [3.8, 4) is 0 Å². The molecule has 9 heteroatoms. The highest BCUT2D eigenvalue weighted by molar-refractivity contribution is 7.89. The van der Waals surface area contributed by atoms with Crippen LogP contribution in [-0.2, 0) is 23.0 Å². The second-order valence-corrected chi connectivity index (χ2v) is 10.8. The molecule has 0 aliphatic rings. The van der Waals surface area contributed by atoms with Crippen LogP contribution in [-0.4, -0.2) is 19.5 Å². The molecule has 0 aliphatic carbocycles. The zero-order valence-corrected chi connectivity index (χ0v) is 20.1. The lowest BCUT2D eigenvalue weighted by Gasteiger charge is -2.09. The van der Waals surface area contributed by atoms with Crippen molar-refractivity contribution in [3.05, 3.63) is 97.6 Å². The normalized spacial score (nSPS) is 11.8. The molecule has 5 nitrogen and oxygen atoms in total. The summed E-state index contributed by atoms with van der Waals surface area (Å²) in [5.74, 6) is 0. The Labute approximate surface area is 200 Å². The molecule has 0 saturated heterocycles. The quantitative estimate of drug-likeness (QED) is 0.328. The number of thiazole rings is 1. The van der Waals surface area contributed by atoms with E-state index in [2.05, 4.69) is 4.72 Å². The lowest BCUT2D eigenvalue weighted by molar-refractivity contribution is 0.579. The Morgan fingerprint density at radius 2 is 1.56 bits per heavy atom. The molecule has 0 unspecified atom stereocenters. The minimum absolute atomic E-state index is 0.133. The van der Waals surface area contributed by atoms with Crippen molar-refractivity contribution in [2.24, 2.45) is 0 Å². The molecule has 0 radical (unpaired) electrons. The number of aromatic nitrogens is 1. The second-order valence-electron chi connectivity index (χ2n) is 7.27. The number of sulfonamides is 1. The van der Waals surface area contributed by atoms with E-state index in [0.29, 0.717) is 39.6 Å². The molecule has 1 heterocycles. The standard InChI is InChI=1S/C23H20Cl2N2O3S2/c24-19-9-3-1-6-16(19)8-5-13-26-32(29,30)18-11-12-21-22(14-18)31-23(28)27(21)15-17-7-2-4-10-20(17)25/h1-4,6-7,9-12,14,26H,5,8,13,15H2. The van der Waals surface area contributed by atoms with Crippen LogP contribution in [0.1, 0.15) is 17.5 Å². The maximum atomic E-state index is 12.7. The van der Waals surface area contributed by atoms with Crippen LogP contribution in [0.3, 0.4) is 0 Å². The Kier molecular flexibility index (Phi) is 7.02. The molecule has 3 aromatic carbocycles. The predicted molar refractivity (Wildman–Crippen MR) is 132 cm³/mol. The van der Waals surface area contributed by atoms with E-state index in [1.807, 2.05) is 42.5 Å². The summed E-state index contributed by atoms with van der Waals surface area (Å²) in [5, 5.41) is 1.26. The number of nitrogens with zero attached hydrogens (tertiary/aromatic N) is 1. The van der Waals surface area contributed by atoms with E-state index >= 15 is 0 Å². The fourth-order valence-electron chi connectivity index (χ4n) is 3.43. The van der Waals surface area contributed by atoms with Crippen LogP contribution in [0.15, 0.2) is 76.4 Å². The molecule has 32 heavy (non-hydrogen) atoms. The third kappa shape index (κ3) is 5.08. The molecule has 1 N–H and O–H groups in total. The first-order valence-corrected chi connectivity index (χ1v) is 13.0. The molecule has 1 aromatic heterocycles. The fraction of sp³-hybridized carbons (Fsp3) is 0.174. The first-order valence-electron chi connectivity index (χ1n) is 9.95. The minimum Gasteiger partial charge on any atom is -0.294 e. The van der Waals surface area contributed by atoms with E-state index in [4.69, 9.17) is 23.2 Å². The maximum absolute atomic E-state index is 12.7. The van der Waals surface area contributed by atoms with Gasteiger partial charge in [0.25, 0.3) is 0 Å². The molecule has 0 bridgehead atoms. The van der Waals surface area contributed by atoms with E-state index in [9.17, 15) is 13.2 Å². The zero-order chi connectivity index (χ0) is 22.7. The number of nitrogens with one attached hydrogen (secondary N) is 1. The third-order valence-electron chi connectivity index (χ3n) is 5.11. The first-order chi connectivity index (χ1) is 15.3. The highest BCUT2D eigenvalue weighted by Crippen LogP contribution is 2.24. The van der Waals surface area contributed by atoms with Crippen LogP contribution in [0.25, 0.3) is 10.2 Å². The topological polar surface area (TPSA) is 68.2 Å². The van der Waals surface area contributed by atoms with Crippen LogP contribution in [0.2, 0.25) is 10.0 Å². The summed E-state index contributed by atoms with van der Waals surface area (Å²) >= 11 is 13.4. The van der Waals surface area contributed by atoms with E-state index in [1.165, 1.54) is 6.07 Å². The highest BCUT2D eigenvalue weighted by atomic mass is 35.5. The smallest absolute Gasteiger partial charge is 0.294 e. The van der Waals surface area contributed by atoms with E-state index < -0.39 is 10.0 Å². The summed E-state index contributed by atoms with van der Waals surface area (Å²) in [4.78, 5) is 12.5. The largest absolute Gasteiger partial charge is 0.308 e. The van der Waals surface area contributed by atoms with Crippen LogP contribution < -0.4 is 9.60 Å². The number of hydrogen-bond donors (Lipinski definition) is 1. The average Bonchev–Trinajstić information content (AvgIpc) is 3.08. The summed E-state index contributed by atoms with van der Waals surface area (Å²) in [5.41, 5.74) is 2.49. The molecular formula is C23H20Cl2N2O3S2. The number of aryl methyl sites for hydroxylation is 1. The van der Waals surface area contributed by atoms with Crippen molar-refractivity contribution in [3.63, 3.8) is 0 Å². The van der Waals surface area contributed by atoms with Crippen LogP contribution in [0, 0.1) is 0 Å². The van der Waals surface area contributed by atoms with E-state index in [-0.39, 0.29) is 16.3 Å². The van der Waals surface area contributed by atoms with Gasteiger partial charge < -0.3 is 0 Å². The van der Waals surface area contributed by atoms with Gasteiger partial charge in [-0.2, -0.15) is 0 Å². The number of rotatable bonds is 8. The number of fused-ring (bicyclic) bond motifs is 1. The Morgan fingerprint density at radius 1 is 0.906 bits per heavy atom. The summed E-state index contributed by atoms with van der Waals surface area (Å²) < 4.78 is 30.3. The third-order valence-corrected chi connectivity index (χ3v) is 8.25. The van der Waals surface area contributed by atoms with Crippen LogP contribution in [0.5, 0.6) is 0 Å². The zero-order valence-electron chi connectivity index (χ0n) is 16.9. The van der Waals surface area contributed by atoms with E-state index in [1.54, 1.807) is 22.8 Å². The van der Waals surface area contributed by atoms with E-state index in [0.717, 1.165) is 22.5 Å². The molecule has 4 aromatic rings. The highest BCUT2D eigenvalue weighted by Gasteiger charge is 2.17. The number of benzene rings is 3. The van der Waals surface area contributed by atoms with Crippen molar-refractivity contribution in [1.82, 2.24) is 9.29 Å². The first kappa shape index (κ1) is 23.0. The number of hydrogen-bond acceptors (Lipinski definition) is 4. The monoisotopic (exact) mass is 506 g/mol. The molecule has 0 aliphatic heterocycles. The van der Waals surface area contributed by atoms with Gasteiger partial charge in [-0.05, 0) is 54.3 Å². The Bertz CT molecular complexity index is 1430. The molecular weight excluding hydrogens is 487 g/mol. The Morgan fingerprint density at radius 3 is 2.25 bits per heavy atom. The molecule has 0 atom stereocenters. The van der Waals surface area contributed by atoms with Crippen LogP contribution in [0.4, 0.5) is 0 Å². The summed E-state index contributed by atoms with van der Waals surface area (Å²) in [6.07, 6.45) is 1.29. The Balaban J connectivity index is 1.49. The van der Waals surface area contributed by atoms with Crippen LogP contribution >= 0.6 is 34.5 Å². The van der Waals surface area contributed by atoms with Gasteiger partial charge in [-0.1, -0.05) is 70.9 Å². The van der Waals surface area contributed by atoms with Gasteiger partial charge in [0.2, 0.25) is 10.0 Å². The van der Waals surface area contributed by atoms with Crippen molar-refractivity contribution in [1.29, 1.82) is 0 Å². The summed E-state index contributed by atoms with van der Waals surface area (Å²) in [6.45, 7) is 0.611. The lowest BCUT2D eigenvalue weighted by atomic mass is 10.1. The van der Waals surface area contributed by atoms with Crippen molar-refractivity contribution >= 4 is 54.8 Å². The van der Waals surface area contributed by atoms with Gasteiger partial charge in [-0.25, -0.2) is 13.1 Å². The molecule has 4 rings (SSSR count). The molecule has 0 fully saturated rings. The second kappa shape index (κ2) is 9.77. The van der Waals surface area contributed by atoms with Crippen molar-refractivity contribution in [2.75, 3.05) is 6.54 Å². The fourth-order valence-corrected chi connectivity index (χ4v) is 5.96. The van der Waals surface area contributed by atoms with Gasteiger partial charge in [0.15, 0.2) is 0 Å². The maximum Gasteiger partial charge on any atom is 0.308 e. The number of halogens is 2. The van der Waals surface area contributed by atoms with Gasteiger partial charge in [-0.15, -0.1) is 0 Å². The molecule has 0 saturated carbocycles. The van der Waals surface area contributed by atoms with Crippen molar-refractivity contribution < 1.29 is 8.42 Å². The van der Waals surface area contributed by atoms with Gasteiger partial charge in [0, 0.05) is 16.6 Å². The Hall–Kier alpha value is -2.16. The summed E-state index contributed by atoms with van der Waals surface area (Å²) in [7, 11) is -3.69. The van der Waals surface area contributed by atoms with Gasteiger partial charge in [0.1, 0.15) is 0 Å². The predicted octanol–water partition coefficient (Wildman–Crippen LogP) is 5.33. The SMILES string of the molecule is O=c1sc2cc(S(=O)(=O)NCCCc3ccccc3Cl)ccc2n1Cc1ccccc1Cl. The van der Waals surface area contributed by atoms with Crippen molar-refractivity contribution in [2.45, 2.75) is 24.3 Å². The molecule has 166 valence electrons. The minimum atomic E-state index is -3.69. The molecule has 0 amide bonds.